The predicted octanol–water partition coefficient (Wildman–Crippen LogP) is 4.31. The van der Waals surface area contributed by atoms with Gasteiger partial charge >= 0.3 is 0 Å². The third kappa shape index (κ3) is 4.29. The van der Waals surface area contributed by atoms with Gasteiger partial charge in [-0.15, -0.1) is 0 Å². The summed E-state index contributed by atoms with van der Waals surface area (Å²) in [5.74, 6) is 1.06. The van der Waals surface area contributed by atoms with Crippen molar-refractivity contribution in [2.75, 3.05) is 26.3 Å². The number of nitrogens with zero attached hydrogens (tertiary/aromatic N) is 1. The lowest BCUT2D eigenvalue weighted by molar-refractivity contribution is -0.187. The first kappa shape index (κ1) is 19.4. The number of rotatable bonds is 5. The van der Waals surface area contributed by atoms with Gasteiger partial charge in [-0.05, 0) is 28.9 Å². The van der Waals surface area contributed by atoms with Gasteiger partial charge in [-0.2, -0.15) is 0 Å². The zero-order chi connectivity index (χ0) is 18.7. The Balaban J connectivity index is 1.61. The second kappa shape index (κ2) is 8.10. The molecule has 0 N–H and O–H groups in total. The standard InChI is InChI=1S/C22H33NO3/c1-16(2)18-5-7-19(8-6-18)20(17(3)4)15-21(24)23-11-9-22(10-12-23)25-13-14-26-22/h5-8,16-17,20H,9-15H2,1-4H3. The van der Waals surface area contributed by atoms with Gasteiger partial charge < -0.3 is 14.4 Å². The first-order valence-electron chi connectivity index (χ1n) is 10.1. The molecule has 3 rings (SSSR count). The second-order valence-corrected chi connectivity index (χ2v) is 8.36. The molecule has 4 nitrogen and oxygen atoms in total. The highest BCUT2D eigenvalue weighted by Crippen LogP contribution is 2.34. The van der Waals surface area contributed by atoms with Gasteiger partial charge in [0, 0.05) is 32.4 Å². The number of ether oxygens (including phenoxy) is 2. The van der Waals surface area contributed by atoms with Gasteiger partial charge in [-0.25, -0.2) is 0 Å². The maximum Gasteiger partial charge on any atom is 0.223 e. The molecule has 0 aliphatic carbocycles. The normalized spacial score (nSPS) is 20.9. The average Bonchev–Trinajstić information content (AvgIpc) is 3.08. The van der Waals surface area contributed by atoms with Gasteiger partial charge in [0.05, 0.1) is 13.2 Å². The Kier molecular flexibility index (Phi) is 6.03. The van der Waals surface area contributed by atoms with Gasteiger partial charge in [0.1, 0.15) is 0 Å². The van der Waals surface area contributed by atoms with Crippen molar-refractivity contribution < 1.29 is 14.3 Å². The van der Waals surface area contributed by atoms with E-state index in [0.29, 0.717) is 31.5 Å². The molecule has 0 radical (unpaired) electrons. The fraction of sp³-hybridized carbons (Fsp3) is 0.682. The lowest BCUT2D eigenvalue weighted by Gasteiger charge is -2.38. The molecule has 1 amide bonds. The highest BCUT2D eigenvalue weighted by atomic mass is 16.7. The fourth-order valence-electron chi connectivity index (χ4n) is 4.07. The zero-order valence-electron chi connectivity index (χ0n) is 16.7. The number of hydrogen-bond donors (Lipinski definition) is 0. The maximum absolute atomic E-state index is 12.9. The molecule has 144 valence electrons. The summed E-state index contributed by atoms with van der Waals surface area (Å²) >= 11 is 0. The number of piperidine rings is 1. The largest absolute Gasteiger partial charge is 0.347 e. The highest BCUT2D eigenvalue weighted by Gasteiger charge is 2.41. The van der Waals surface area contributed by atoms with Gasteiger partial charge in [0.25, 0.3) is 0 Å². The SMILES string of the molecule is CC(C)c1ccc(C(CC(=O)N2CCC3(CC2)OCCO3)C(C)C)cc1. The van der Waals surface area contributed by atoms with Crippen LogP contribution in [0.1, 0.15) is 69.9 Å². The van der Waals surface area contributed by atoms with Crippen LogP contribution in [0.15, 0.2) is 24.3 Å². The minimum Gasteiger partial charge on any atom is -0.347 e. The minimum atomic E-state index is -0.416. The Bertz CT molecular complexity index is 592. The van der Waals surface area contributed by atoms with Crippen molar-refractivity contribution in [3.8, 4) is 0 Å². The Morgan fingerprint density at radius 1 is 1.00 bits per heavy atom. The van der Waals surface area contributed by atoms with E-state index < -0.39 is 5.79 Å². The molecule has 0 aromatic heterocycles. The molecule has 2 aliphatic rings. The van der Waals surface area contributed by atoms with E-state index in [2.05, 4.69) is 52.0 Å². The summed E-state index contributed by atoms with van der Waals surface area (Å²) in [6, 6.07) is 8.83. The number of carbonyl (C=O) groups is 1. The van der Waals surface area contributed by atoms with Crippen LogP contribution >= 0.6 is 0 Å². The van der Waals surface area contributed by atoms with Crippen LogP contribution in [0.4, 0.5) is 0 Å². The third-order valence-corrected chi connectivity index (χ3v) is 5.92. The van der Waals surface area contributed by atoms with E-state index in [4.69, 9.17) is 9.47 Å². The summed E-state index contributed by atoms with van der Waals surface area (Å²) in [7, 11) is 0. The quantitative estimate of drug-likeness (QED) is 0.786. The van der Waals surface area contributed by atoms with Crippen molar-refractivity contribution in [1.29, 1.82) is 0 Å². The summed E-state index contributed by atoms with van der Waals surface area (Å²) in [4.78, 5) is 14.9. The molecule has 4 heteroatoms. The van der Waals surface area contributed by atoms with E-state index in [9.17, 15) is 4.79 Å². The summed E-state index contributed by atoms with van der Waals surface area (Å²) in [6.45, 7) is 11.6. The van der Waals surface area contributed by atoms with Gasteiger partial charge in [0.15, 0.2) is 5.79 Å². The van der Waals surface area contributed by atoms with Crippen molar-refractivity contribution >= 4 is 5.91 Å². The van der Waals surface area contributed by atoms with Crippen molar-refractivity contribution in [3.63, 3.8) is 0 Å². The van der Waals surface area contributed by atoms with Crippen LogP contribution in [0.2, 0.25) is 0 Å². The Labute approximate surface area is 157 Å². The van der Waals surface area contributed by atoms with E-state index >= 15 is 0 Å². The molecule has 1 spiro atoms. The predicted molar refractivity (Wildman–Crippen MR) is 103 cm³/mol. The lowest BCUT2D eigenvalue weighted by Crippen LogP contribution is -2.47. The van der Waals surface area contributed by atoms with Crippen LogP contribution < -0.4 is 0 Å². The van der Waals surface area contributed by atoms with Crippen molar-refractivity contribution in [2.24, 2.45) is 5.92 Å². The number of hydrogen-bond acceptors (Lipinski definition) is 3. The Hall–Kier alpha value is -1.39. The minimum absolute atomic E-state index is 0.254. The van der Waals surface area contributed by atoms with Gasteiger partial charge in [-0.3, -0.25) is 4.79 Å². The van der Waals surface area contributed by atoms with E-state index in [1.807, 2.05) is 4.90 Å². The maximum atomic E-state index is 12.9. The molecule has 2 fully saturated rings. The van der Waals surface area contributed by atoms with Crippen molar-refractivity contribution in [1.82, 2.24) is 4.90 Å². The molecular weight excluding hydrogens is 326 g/mol. The van der Waals surface area contributed by atoms with Crippen LogP contribution in [0.5, 0.6) is 0 Å². The van der Waals surface area contributed by atoms with Crippen LogP contribution in [0.25, 0.3) is 0 Å². The number of likely N-dealkylation sites (tertiary alicyclic amines) is 1. The fourth-order valence-corrected chi connectivity index (χ4v) is 4.07. The van der Waals surface area contributed by atoms with Crippen LogP contribution in [0.3, 0.4) is 0 Å². The molecule has 0 bridgehead atoms. The molecule has 0 saturated carbocycles. The molecular formula is C22H33NO3. The van der Waals surface area contributed by atoms with Crippen LogP contribution in [0, 0.1) is 5.92 Å². The topological polar surface area (TPSA) is 38.8 Å². The van der Waals surface area contributed by atoms with E-state index in [-0.39, 0.29) is 11.8 Å². The molecule has 2 heterocycles. The first-order chi connectivity index (χ1) is 12.4. The zero-order valence-corrected chi connectivity index (χ0v) is 16.7. The molecule has 1 aromatic carbocycles. The smallest absolute Gasteiger partial charge is 0.223 e. The Morgan fingerprint density at radius 3 is 2.04 bits per heavy atom. The van der Waals surface area contributed by atoms with Gasteiger partial charge in [0.2, 0.25) is 5.91 Å². The monoisotopic (exact) mass is 359 g/mol. The summed E-state index contributed by atoms with van der Waals surface area (Å²) in [6.07, 6.45) is 2.15. The van der Waals surface area contributed by atoms with E-state index in [1.54, 1.807) is 0 Å². The van der Waals surface area contributed by atoms with Crippen LogP contribution in [-0.2, 0) is 14.3 Å². The van der Waals surface area contributed by atoms with Crippen molar-refractivity contribution in [2.45, 2.75) is 64.6 Å². The first-order valence-corrected chi connectivity index (χ1v) is 10.1. The van der Waals surface area contributed by atoms with Crippen molar-refractivity contribution in [3.05, 3.63) is 35.4 Å². The number of carbonyl (C=O) groups excluding carboxylic acids is 1. The molecule has 1 atom stereocenters. The molecule has 26 heavy (non-hydrogen) atoms. The summed E-state index contributed by atoms with van der Waals surface area (Å²) in [5.41, 5.74) is 2.62. The molecule has 1 unspecified atom stereocenters. The second-order valence-electron chi connectivity index (χ2n) is 8.36. The van der Waals surface area contributed by atoms with E-state index in [0.717, 1.165) is 25.9 Å². The molecule has 2 saturated heterocycles. The summed E-state index contributed by atoms with van der Waals surface area (Å²) in [5, 5.41) is 0. The molecule has 2 aliphatic heterocycles. The molecule has 1 aromatic rings. The third-order valence-electron chi connectivity index (χ3n) is 5.92. The van der Waals surface area contributed by atoms with E-state index in [1.165, 1.54) is 11.1 Å². The highest BCUT2D eigenvalue weighted by molar-refractivity contribution is 5.77. The van der Waals surface area contributed by atoms with Crippen LogP contribution in [-0.4, -0.2) is 42.9 Å². The summed E-state index contributed by atoms with van der Waals surface area (Å²) < 4.78 is 11.5. The average molecular weight is 360 g/mol. The number of benzene rings is 1. The lowest BCUT2D eigenvalue weighted by atomic mass is 9.84. The van der Waals surface area contributed by atoms with Gasteiger partial charge in [-0.1, -0.05) is 52.0 Å². The number of amides is 1. The Morgan fingerprint density at radius 2 is 1.54 bits per heavy atom.